The van der Waals surface area contributed by atoms with Gasteiger partial charge in [-0.25, -0.2) is 16.8 Å². The summed E-state index contributed by atoms with van der Waals surface area (Å²) in [5, 5.41) is 0. The average Bonchev–Trinajstić information content (AvgIpc) is 2.71. The van der Waals surface area contributed by atoms with Crippen molar-refractivity contribution in [3.05, 3.63) is 60.2 Å². The Morgan fingerprint density at radius 3 is 2.03 bits per heavy atom. The molecule has 2 aromatic carbocycles. The lowest BCUT2D eigenvalue weighted by molar-refractivity contribution is -0.159. The van der Waals surface area contributed by atoms with Crippen molar-refractivity contribution >= 4 is 25.8 Å². The molecule has 182 valence electrons. The number of methoxy groups -OCH3 is 1. The molecule has 0 aromatic heterocycles. The highest BCUT2D eigenvalue weighted by Gasteiger charge is 2.38. The molecule has 0 aliphatic heterocycles. The van der Waals surface area contributed by atoms with Gasteiger partial charge in [0.05, 0.1) is 17.8 Å². The van der Waals surface area contributed by atoms with Crippen molar-refractivity contribution in [1.82, 2.24) is 4.31 Å². The Hall–Kier alpha value is -2.43. The molecule has 0 amide bonds. The fourth-order valence-corrected chi connectivity index (χ4v) is 5.33. The highest BCUT2D eigenvalue weighted by atomic mass is 32.2. The summed E-state index contributed by atoms with van der Waals surface area (Å²) in [5.41, 5.74) is -0.245. The zero-order valence-electron chi connectivity index (χ0n) is 19.5. The van der Waals surface area contributed by atoms with Crippen LogP contribution >= 0.6 is 0 Å². The van der Waals surface area contributed by atoms with E-state index in [4.69, 9.17) is 9.47 Å². The second-order valence-electron chi connectivity index (χ2n) is 8.68. The van der Waals surface area contributed by atoms with Crippen molar-refractivity contribution in [2.75, 3.05) is 19.1 Å². The second kappa shape index (κ2) is 10.7. The van der Waals surface area contributed by atoms with Crippen LogP contribution in [0.5, 0.6) is 5.75 Å². The fraction of sp³-hybridized carbons (Fsp3) is 0.435. The molecule has 0 radical (unpaired) electrons. The number of esters is 1. The van der Waals surface area contributed by atoms with Gasteiger partial charge in [-0.2, -0.15) is 4.31 Å². The summed E-state index contributed by atoms with van der Waals surface area (Å²) in [6, 6.07) is 13.2. The lowest BCUT2D eigenvalue weighted by Crippen LogP contribution is -2.47. The molecule has 0 heterocycles. The quantitative estimate of drug-likeness (QED) is 0.464. The Kier molecular flexibility index (Phi) is 8.67. The first kappa shape index (κ1) is 26.8. The molecule has 0 unspecified atom stereocenters. The molecule has 8 nitrogen and oxygen atoms in total. The Morgan fingerprint density at radius 1 is 0.970 bits per heavy atom. The van der Waals surface area contributed by atoms with Crippen LogP contribution in [0.2, 0.25) is 0 Å². The van der Waals surface area contributed by atoms with Crippen LogP contribution in [-0.2, 0) is 35.9 Å². The Bertz CT molecular complexity index is 1140. The van der Waals surface area contributed by atoms with Crippen LogP contribution < -0.4 is 4.74 Å². The minimum absolute atomic E-state index is 0.0489. The van der Waals surface area contributed by atoms with Crippen LogP contribution in [0.15, 0.2) is 59.5 Å². The van der Waals surface area contributed by atoms with Gasteiger partial charge in [0.15, 0.2) is 0 Å². The van der Waals surface area contributed by atoms with Gasteiger partial charge < -0.3 is 9.47 Å². The zero-order valence-corrected chi connectivity index (χ0v) is 21.1. The topological polar surface area (TPSA) is 107 Å². The van der Waals surface area contributed by atoms with Crippen LogP contribution in [0.1, 0.15) is 32.8 Å². The van der Waals surface area contributed by atoms with Crippen molar-refractivity contribution < 1.29 is 31.1 Å². The number of rotatable bonds is 10. The maximum atomic E-state index is 13.7. The smallest absolute Gasteiger partial charge is 0.325 e. The first-order chi connectivity index (χ1) is 15.2. The first-order valence-corrected chi connectivity index (χ1v) is 13.8. The molecule has 2 rings (SSSR count). The summed E-state index contributed by atoms with van der Waals surface area (Å²) in [6.07, 6.45) is 0.800. The van der Waals surface area contributed by atoms with E-state index in [1.807, 2.05) is 0 Å². The highest BCUT2D eigenvalue weighted by Crippen LogP contribution is 2.26. The summed E-state index contributed by atoms with van der Waals surface area (Å²) >= 11 is 0. The van der Waals surface area contributed by atoms with E-state index in [-0.39, 0.29) is 23.6 Å². The number of hydrogen-bond acceptors (Lipinski definition) is 7. The average molecular weight is 498 g/mol. The largest absolute Gasteiger partial charge is 0.497 e. The number of hydrogen-bond donors (Lipinski definition) is 0. The first-order valence-electron chi connectivity index (χ1n) is 10.3. The number of benzene rings is 2. The maximum absolute atomic E-state index is 13.7. The van der Waals surface area contributed by atoms with E-state index in [2.05, 4.69) is 0 Å². The predicted octanol–water partition coefficient (Wildman–Crippen LogP) is 3.03. The molecule has 0 saturated heterocycles. The third-order valence-electron chi connectivity index (χ3n) is 4.64. The van der Waals surface area contributed by atoms with Gasteiger partial charge in [0.1, 0.15) is 27.2 Å². The van der Waals surface area contributed by atoms with Gasteiger partial charge >= 0.3 is 5.97 Å². The number of nitrogens with zero attached hydrogens (tertiary/aromatic N) is 1. The molecule has 0 saturated carbocycles. The number of sulfone groups is 1. The zero-order chi connectivity index (χ0) is 24.9. The van der Waals surface area contributed by atoms with E-state index < -0.39 is 37.5 Å². The molecule has 10 heteroatoms. The Balaban J connectivity index is 2.59. The van der Waals surface area contributed by atoms with E-state index in [0.717, 1.165) is 10.6 Å². The van der Waals surface area contributed by atoms with Crippen molar-refractivity contribution in [1.29, 1.82) is 0 Å². The summed E-state index contributed by atoms with van der Waals surface area (Å²) < 4.78 is 62.8. The molecule has 0 aliphatic rings. The fourth-order valence-electron chi connectivity index (χ4n) is 3.08. The normalized spacial score (nSPS) is 13.5. The Labute approximate surface area is 196 Å². The molecule has 2 aromatic rings. The molecule has 0 bridgehead atoms. The van der Waals surface area contributed by atoms with E-state index in [1.54, 1.807) is 51.1 Å². The standard InChI is InChI=1S/C23H31NO7S2/c1-23(2,3)31-22(25)21(15-16-32(5,26)27)24(17-18-9-7-6-8-10-18)33(28,29)20-13-11-19(30-4)12-14-20/h6-14,21H,15-17H2,1-5H3/t21-/m1/s1. The van der Waals surface area contributed by atoms with Gasteiger partial charge in [-0.1, -0.05) is 30.3 Å². The van der Waals surface area contributed by atoms with Crippen molar-refractivity contribution in [3.8, 4) is 5.75 Å². The molecule has 0 fully saturated rings. The molecule has 1 atom stereocenters. The van der Waals surface area contributed by atoms with Gasteiger partial charge in [-0.05, 0) is 57.0 Å². The van der Waals surface area contributed by atoms with Crippen LogP contribution in [0.25, 0.3) is 0 Å². The van der Waals surface area contributed by atoms with Gasteiger partial charge in [0.2, 0.25) is 10.0 Å². The number of sulfonamides is 1. The third-order valence-corrected chi connectivity index (χ3v) is 7.48. The minimum atomic E-state index is -4.21. The summed E-state index contributed by atoms with van der Waals surface area (Å²) in [4.78, 5) is 13.1. The highest BCUT2D eigenvalue weighted by molar-refractivity contribution is 7.90. The summed E-state index contributed by atoms with van der Waals surface area (Å²) in [5.74, 6) is -0.705. The SMILES string of the molecule is COc1ccc(S(=O)(=O)N(Cc2ccccc2)[C@H](CCS(C)(=O)=O)C(=O)OC(C)(C)C)cc1. The van der Waals surface area contributed by atoms with Crippen molar-refractivity contribution in [3.63, 3.8) is 0 Å². The van der Waals surface area contributed by atoms with Crippen LogP contribution in [0.3, 0.4) is 0 Å². The van der Waals surface area contributed by atoms with Gasteiger partial charge in [-0.15, -0.1) is 0 Å². The third kappa shape index (κ3) is 8.13. The van der Waals surface area contributed by atoms with Crippen LogP contribution in [0.4, 0.5) is 0 Å². The van der Waals surface area contributed by atoms with Gasteiger partial charge in [0, 0.05) is 12.8 Å². The lowest BCUT2D eigenvalue weighted by Gasteiger charge is -2.32. The lowest BCUT2D eigenvalue weighted by atomic mass is 10.1. The molecular weight excluding hydrogens is 466 g/mol. The molecule has 0 spiro atoms. The number of carbonyl (C=O) groups is 1. The monoisotopic (exact) mass is 497 g/mol. The van der Waals surface area contributed by atoms with Crippen LogP contribution in [-0.4, -0.2) is 57.9 Å². The summed E-state index contributed by atoms with van der Waals surface area (Å²) in [6.45, 7) is 4.86. The molecule has 0 N–H and O–H groups in total. The van der Waals surface area contributed by atoms with E-state index >= 15 is 0 Å². The molecule has 0 aliphatic carbocycles. The van der Waals surface area contributed by atoms with E-state index in [9.17, 15) is 21.6 Å². The van der Waals surface area contributed by atoms with Gasteiger partial charge in [0.25, 0.3) is 0 Å². The van der Waals surface area contributed by atoms with Crippen LogP contribution in [0, 0.1) is 0 Å². The predicted molar refractivity (Wildman–Crippen MR) is 126 cm³/mol. The Morgan fingerprint density at radius 2 is 1.55 bits per heavy atom. The maximum Gasteiger partial charge on any atom is 0.325 e. The van der Waals surface area contributed by atoms with E-state index in [0.29, 0.717) is 11.3 Å². The summed E-state index contributed by atoms with van der Waals surface area (Å²) in [7, 11) is -6.21. The van der Waals surface area contributed by atoms with Crippen molar-refractivity contribution in [2.45, 2.75) is 50.3 Å². The van der Waals surface area contributed by atoms with E-state index in [1.165, 1.54) is 31.4 Å². The van der Waals surface area contributed by atoms with Gasteiger partial charge in [-0.3, -0.25) is 4.79 Å². The second-order valence-corrected chi connectivity index (χ2v) is 12.8. The molecule has 33 heavy (non-hydrogen) atoms. The number of ether oxygens (including phenoxy) is 2. The van der Waals surface area contributed by atoms with Crippen molar-refractivity contribution in [2.24, 2.45) is 0 Å². The molecular formula is C23H31NO7S2. The number of carbonyl (C=O) groups excluding carboxylic acids is 1. The minimum Gasteiger partial charge on any atom is -0.497 e.